The molecule has 0 aromatic heterocycles. The molecule has 120 valence electrons. The molecule has 0 unspecified atom stereocenters. The molecule has 1 saturated heterocycles. The Morgan fingerprint density at radius 3 is 2.32 bits per heavy atom. The minimum atomic E-state index is -0.492. The Morgan fingerprint density at radius 1 is 1.18 bits per heavy atom. The highest BCUT2D eigenvalue weighted by Gasteiger charge is 2.30. The van der Waals surface area contributed by atoms with E-state index in [1.54, 1.807) is 17.0 Å². The summed E-state index contributed by atoms with van der Waals surface area (Å²) in [6.07, 6.45) is 1.30. The van der Waals surface area contributed by atoms with Gasteiger partial charge in [-0.3, -0.25) is 9.59 Å². The highest BCUT2D eigenvalue weighted by atomic mass is 19.1. The summed E-state index contributed by atoms with van der Waals surface area (Å²) in [5.74, 6) is -0.631. The third-order valence-electron chi connectivity index (χ3n) is 4.31. The molecule has 2 amide bonds. The van der Waals surface area contributed by atoms with E-state index in [1.807, 2.05) is 18.7 Å². The molecule has 0 saturated carbocycles. The van der Waals surface area contributed by atoms with Gasteiger partial charge in [0.05, 0.1) is 5.56 Å². The van der Waals surface area contributed by atoms with Crippen LogP contribution in [0.4, 0.5) is 4.39 Å². The molecule has 1 heterocycles. The Balaban J connectivity index is 1.96. The highest BCUT2D eigenvalue weighted by Crippen LogP contribution is 2.22. The van der Waals surface area contributed by atoms with Crippen LogP contribution in [0, 0.1) is 11.7 Å². The van der Waals surface area contributed by atoms with Gasteiger partial charge in [-0.05, 0) is 38.8 Å². The van der Waals surface area contributed by atoms with Crippen molar-refractivity contribution < 1.29 is 14.0 Å². The quantitative estimate of drug-likeness (QED) is 0.858. The van der Waals surface area contributed by atoms with Crippen molar-refractivity contribution >= 4 is 11.8 Å². The minimum absolute atomic E-state index is 0.0235. The first-order valence-electron chi connectivity index (χ1n) is 7.91. The zero-order valence-corrected chi connectivity index (χ0v) is 13.2. The Labute approximate surface area is 130 Å². The van der Waals surface area contributed by atoms with E-state index in [0.29, 0.717) is 39.0 Å². The molecule has 22 heavy (non-hydrogen) atoms. The lowest BCUT2D eigenvalue weighted by Gasteiger charge is -2.33. The largest absolute Gasteiger partial charge is 0.343 e. The Bertz CT molecular complexity index is 535. The van der Waals surface area contributed by atoms with Crippen molar-refractivity contribution in [3.63, 3.8) is 0 Å². The van der Waals surface area contributed by atoms with E-state index in [1.165, 1.54) is 12.1 Å². The SMILES string of the molecule is CCN(CC)C(=O)C1CCN(C(=O)c2ccccc2F)CC1. The monoisotopic (exact) mass is 306 g/mol. The third kappa shape index (κ3) is 3.46. The summed E-state index contributed by atoms with van der Waals surface area (Å²) < 4.78 is 13.7. The molecular formula is C17H23FN2O2. The maximum atomic E-state index is 13.7. The summed E-state index contributed by atoms with van der Waals surface area (Å²) in [5, 5.41) is 0. The smallest absolute Gasteiger partial charge is 0.256 e. The van der Waals surface area contributed by atoms with Gasteiger partial charge in [-0.25, -0.2) is 4.39 Å². The summed E-state index contributed by atoms with van der Waals surface area (Å²) in [6.45, 7) is 6.37. The van der Waals surface area contributed by atoms with E-state index in [0.717, 1.165) is 0 Å². The predicted octanol–water partition coefficient (Wildman–Crippen LogP) is 2.55. The van der Waals surface area contributed by atoms with Gasteiger partial charge in [0, 0.05) is 32.1 Å². The number of benzene rings is 1. The molecule has 1 aliphatic rings. The van der Waals surface area contributed by atoms with Gasteiger partial charge in [0.2, 0.25) is 5.91 Å². The van der Waals surface area contributed by atoms with Crippen LogP contribution in [0.1, 0.15) is 37.0 Å². The van der Waals surface area contributed by atoms with Crippen LogP contribution in [0.25, 0.3) is 0 Å². The number of carbonyl (C=O) groups excluding carboxylic acids is 2. The predicted molar refractivity (Wildman–Crippen MR) is 83.0 cm³/mol. The van der Waals surface area contributed by atoms with Crippen LogP contribution in [0.15, 0.2) is 24.3 Å². The van der Waals surface area contributed by atoms with Gasteiger partial charge in [-0.15, -0.1) is 0 Å². The van der Waals surface area contributed by atoms with Gasteiger partial charge < -0.3 is 9.80 Å². The second kappa shape index (κ2) is 7.38. The average Bonchev–Trinajstić information content (AvgIpc) is 2.56. The number of nitrogens with zero attached hydrogens (tertiary/aromatic N) is 2. The summed E-state index contributed by atoms with van der Waals surface area (Å²) in [5.41, 5.74) is 0.107. The molecule has 1 aliphatic heterocycles. The van der Waals surface area contributed by atoms with Crippen LogP contribution in [-0.4, -0.2) is 47.8 Å². The number of hydrogen-bond donors (Lipinski definition) is 0. The molecule has 0 N–H and O–H groups in total. The van der Waals surface area contributed by atoms with E-state index in [9.17, 15) is 14.0 Å². The van der Waals surface area contributed by atoms with Crippen molar-refractivity contribution in [1.82, 2.24) is 9.80 Å². The summed E-state index contributed by atoms with van der Waals surface area (Å²) in [7, 11) is 0. The van der Waals surface area contributed by atoms with E-state index in [4.69, 9.17) is 0 Å². The number of likely N-dealkylation sites (tertiary alicyclic amines) is 1. The van der Waals surface area contributed by atoms with Crippen LogP contribution in [0.5, 0.6) is 0 Å². The number of piperidine rings is 1. The van der Waals surface area contributed by atoms with Crippen molar-refractivity contribution in [2.24, 2.45) is 5.92 Å². The lowest BCUT2D eigenvalue weighted by atomic mass is 9.94. The number of amides is 2. The fourth-order valence-corrected chi connectivity index (χ4v) is 2.93. The molecule has 0 atom stereocenters. The van der Waals surface area contributed by atoms with Crippen molar-refractivity contribution in [2.45, 2.75) is 26.7 Å². The lowest BCUT2D eigenvalue weighted by molar-refractivity contribution is -0.136. The first-order chi connectivity index (χ1) is 10.6. The minimum Gasteiger partial charge on any atom is -0.343 e. The van der Waals surface area contributed by atoms with Gasteiger partial charge in [-0.1, -0.05) is 12.1 Å². The first kappa shape index (κ1) is 16.5. The van der Waals surface area contributed by atoms with Gasteiger partial charge in [0.25, 0.3) is 5.91 Å². The van der Waals surface area contributed by atoms with Crippen LogP contribution >= 0.6 is 0 Å². The zero-order chi connectivity index (χ0) is 16.1. The Morgan fingerprint density at radius 2 is 1.77 bits per heavy atom. The molecule has 4 nitrogen and oxygen atoms in total. The maximum absolute atomic E-state index is 13.7. The average molecular weight is 306 g/mol. The van der Waals surface area contributed by atoms with Crippen LogP contribution in [0.2, 0.25) is 0 Å². The van der Waals surface area contributed by atoms with E-state index < -0.39 is 5.82 Å². The van der Waals surface area contributed by atoms with Crippen molar-refractivity contribution in [3.05, 3.63) is 35.6 Å². The van der Waals surface area contributed by atoms with E-state index >= 15 is 0 Å². The fraction of sp³-hybridized carbons (Fsp3) is 0.529. The lowest BCUT2D eigenvalue weighted by Crippen LogP contribution is -2.44. The molecular weight excluding hydrogens is 283 g/mol. The van der Waals surface area contributed by atoms with Gasteiger partial charge in [0.15, 0.2) is 0 Å². The maximum Gasteiger partial charge on any atom is 0.256 e. The van der Waals surface area contributed by atoms with Gasteiger partial charge >= 0.3 is 0 Å². The standard InChI is InChI=1S/C17H23FN2O2/c1-3-19(4-2)16(21)13-9-11-20(12-10-13)17(22)14-7-5-6-8-15(14)18/h5-8,13H,3-4,9-12H2,1-2H3. The van der Waals surface area contributed by atoms with Gasteiger partial charge in [0.1, 0.15) is 5.82 Å². The van der Waals surface area contributed by atoms with Crippen molar-refractivity contribution in [3.8, 4) is 0 Å². The molecule has 0 bridgehead atoms. The molecule has 1 aromatic rings. The van der Waals surface area contributed by atoms with Crippen LogP contribution in [-0.2, 0) is 4.79 Å². The van der Waals surface area contributed by atoms with Gasteiger partial charge in [-0.2, -0.15) is 0 Å². The topological polar surface area (TPSA) is 40.6 Å². The normalized spacial score (nSPS) is 15.7. The fourth-order valence-electron chi connectivity index (χ4n) is 2.93. The Hall–Kier alpha value is -1.91. The molecule has 0 aliphatic carbocycles. The Kier molecular flexibility index (Phi) is 5.52. The molecule has 0 spiro atoms. The molecule has 1 fully saturated rings. The molecule has 5 heteroatoms. The van der Waals surface area contributed by atoms with Crippen LogP contribution < -0.4 is 0 Å². The van der Waals surface area contributed by atoms with Crippen molar-refractivity contribution in [1.29, 1.82) is 0 Å². The molecule has 0 radical (unpaired) electrons. The second-order valence-electron chi connectivity index (χ2n) is 5.56. The highest BCUT2D eigenvalue weighted by molar-refractivity contribution is 5.94. The third-order valence-corrected chi connectivity index (χ3v) is 4.31. The summed E-state index contributed by atoms with van der Waals surface area (Å²) in [6, 6.07) is 6.03. The van der Waals surface area contributed by atoms with Crippen molar-refractivity contribution in [2.75, 3.05) is 26.2 Å². The van der Waals surface area contributed by atoms with E-state index in [2.05, 4.69) is 0 Å². The molecule has 2 rings (SSSR count). The summed E-state index contributed by atoms with van der Waals surface area (Å²) >= 11 is 0. The summed E-state index contributed by atoms with van der Waals surface area (Å²) in [4.78, 5) is 28.1. The number of rotatable bonds is 4. The molecule has 1 aromatic carbocycles. The van der Waals surface area contributed by atoms with Crippen LogP contribution in [0.3, 0.4) is 0 Å². The van der Waals surface area contributed by atoms with E-state index in [-0.39, 0.29) is 23.3 Å². The zero-order valence-electron chi connectivity index (χ0n) is 13.2. The number of halogens is 1. The number of hydrogen-bond acceptors (Lipinski definition) is 2. The number of carbonyl (C=O) groups is 2. The first-order valence-corrected chi connectivity index (χ1v) is 7.91. The second-order valence-corrected chi connectivity index (χ2v) is 5.56.